The molecule has 0 aliphatic heterocycles. The van der Waals surface area contributed by atoms with Gasteiger partial charge in [-0.05, 0) is 24.8 Å². The van der Waals surface area contributed by atoms with Crippen LogP contribution in [0.1, 0.15) is 24.8 Å². The maximum Gasteiger partial charge on any atom is 0.305 e. The van der Waals surface area contributed by atoms with Crippen molar-refractivity contribution in [2.24, 2.45) is 5.92 Å². The van der Waals surface area contributed by atoms with E-state index in [-0.39, 0.29) is 30.1 Å². The number of halogens is 1. The number of nitro benzene ring substituents is 1. The number of rotatable bonds is 5. The first-order valence-electron chi connectivity index (χ1n) is 5.54. The van der Waals surface area contributed by atoms with Crippen molar-refractivity contribution in [2.45, 2.75) is 25.7 Å². The van der Waals surface area contributed by atoms with Gasteiger partial charge >= 0.3 is 5.69 Å². The van der Waals surface area contributed by atoms with E-state index in [1.807, 2.05) is 0 Å². The number of Topliss-reactive ketones (excluding diaryl/α,β-unsaturated/α-hetero) is 1. The maximum absolute atomic E-state index is 13.6. The molecular formula is C12H12FNO3. The highest BCUT2D eigenvalue weighted by atomic mass is 19.1. The zero-order valence-corrected chi connectivity index (χ0v) is 9.19. The van der Waals surface area contributed by atoms with Crippen molar-refractivity contribution in [1.82, 2.24) is 0 Å². The van der Waals surface area contributed by atoms with E-state index in [9.17, 15) is 19.3 Å². The molecule has 0 amide bonds. The van der Waals surface area contributed by atoms with Crippen LogP contribution in [-0.4, -0.2) is 10.7 Å². The first kappa shape index (κ1) is 11.7. The second-order valence-electron chi connectivity index (χ2n) is 4.25. The molecular weight excluding hydrogens is 225 g/mol. The molecule has 1 aliphatic carbocycles. The maximum atomic E-state index is 13.6. The molecule has 4 nitrogen and oxygen atoms in total. The summed E-state index contributed by atoms with van der Waals surface area (Å²) in [6.07, 6.45) is 2.36. The molecule has 17 heavy (non-hydrogen) atoms. The predicted octanol–water partition coefficient (Wildman–Crippen LogP) is 2.65. The van der Waals surface area contributed by atoms with Gasteiger partial charge < -0.3 is 0 Å². The lowest BCUT2D eigenvalue weighted by molar-refractivity contribution is -0.387. The predicted molar refractivity (Wildman–Crippen MR) is 59.1 cm³/mol. The van der Waals surface area contributed by atoms with Gasteiger partial charge in [-0.3, -0.25) is 14.9 Å². The van der Waals surface area contributed by atoms with E-state index in [0.29, 0.717) is 0 Å². The summed E-state index contributed by atoms with van der Waals surface area (Å²) >= 11 is 0. The molecule has 2 rings (SSSR count). The Labute approximate surface area is 97.6 Å². The van der Waals surface area contributed by atoms with Crippen LogP contribution in [0.5, 0.6) is 0 Å². The smallest absolute Gasteiger partial charge is 0.299 e. The van der Waals surface area contributed by atoms with Gasteiger partial charge in [0.05, 0.1) is 4.92 Å². The second-order valence-corrected chi connectivity index (χ2v) is 4.25. The number of hydrogen-bond acceptors (Lipinski definition) is 3. The zero-order valence-electron chi connectivity index (χ0n) is 9.19. The lowest BCUT2D eigenvalue weighted by Gasteiger charge is -2.02. The summed E-state index contributed by atoms with van der Waals surface area (Å²) in [6, 6.07) is 4.06. The molecule has 0 atom stereocenters. The molecule has 1 fully saturated rings. The highest BCUT2D eigenvalue weighted by Gasteiger charge is 2.29. The Kier molecular flexibility index (Phi) is 3.17. The number of nitro groups is 1. The molecule has 1 aliphatic rings. The molecule has 0 aromatic heterocycles. The SMILES string of the molecule is O=C(CCc1cccc([N+](=O)[O-])c1F)C1CC1. The van der Waals surface area contributed by atoms with Crippen LogP contribution in [0.4, 0.5) is 10.1 Å². The molecule has 0 N–H and O–H groups in total. The van der Waals surface area contributed by atoms with Gasteiger partial charge in [-0.2, -0.15) is 4.39 Å². The number of hydrogen-bond donors (Lipinski definition) is 0. The summed E-state index contributed by atoms with van der Waals surface area (Å²) in [7, 11) is 0. The lowest BCUT2D eigenvalue weighted by Crippen LogP contribution is -2.04. The summed E-state index contributed by atoms with van der Waals surface area (Å²) < 4.78 is 13.6. The lowest BCUT2D eigenvalue weighted by atomic mass is 10.0. The summed E-state index contributed by atoms with van der Waals surface area (Å²) in [5.41, 5.74) is -0.283. The van der Waals surface area contributed by atoms with Crippen molar-refractivity contribution in [3.63, 3.8) is 0 Å². The third-order valence-electron chi connectivity index (χ3n) is 2.93. The second kappa shape index (κ2) is 4.61. The van der Waals surface area contributed by atoms with E-state index in [0.717, 1.165) is 18.9 Å². The summed E-state index contributed by atoms with van der Waals surface area (Å²) in [4.78, 5) is 21.2. The van der Waals surface area contributed by atoms with E-state index < -0.39 is 16.4 Å². The van der Waals surface area contributed by atoms with Crippen LogP contribution in [0.3, 0.4) is 0 Å². The Bertz CT molecular complexity index is 469. The molecule has 1 aromatic rings. The Balaban J connectivity index is 2.07. The van der Waals surface area contributed by atoms with Gasteiger partial charge in [0, 0.05) is 18.4 Å². The summed E-state index contributed by atoms with van der Waals surface area (Å²) in [6.45, 7) is 0. The Morgan fingerprint density at radius 2 is 2.18 bits per heavy atom. The minimum atomic E-state index is -0.818. The van der Waals surface area contributed by atoms with Crippen LogP contribution in [0.15, 0.2) is 18.2 Å². The van der Waals surface area contributed by atoms with Gasteiger partial charge in [0.15, 0.2) is 0 Å². The van der Waals surface area contributed by atoms with Crippen molar-refractivity contribution in [2.75, 3.05) is 0 Å². The fourth-order valence-electron chi connectivity index (χ4n) is 1.77. The first-order valence-corrected chi connectivity index (χ1v) is 5.54. The van der Waals surface area contributed by atoms with Crippen molar-refractivity contribution in [3.05, 3.63) is 39.7 Å². The van der Waals surface area contributed by atoms with Gasteiger partial charge in [0.25, 0.3) is 0 Å². The van der Waals surface area contributed by atoms with Crippen molar-refractivity contribution in [1.29, 1.82) is 0 Å². The normalized spacial score (nSPS) is 14.6. The average Bonchev–Trinajstić information content (AvgIpc) is 3.10. The van der Waals surface area contributed by atoms with E-state index in [2.05, 4.69) is 0 Å². The quantitative estimate of drug-likeness (QED) is 0.584. The van der Waals surface area contributed by atoms with Gasteiger partial charge in [0.1, 0.15) is 5.78 Å². The molecule has 1 saturated carbocycles. The highest BCUT2D eigenvalue weighted by molar-refractivity contribution is 5.83. The number of nitrogens with zero attached hydrogens (tertiary/aromatic N) is 1. The van der Waals surface area contributed by atoms with Crippen molar-refractivity contribution < 1.29 is 14.1 Å². The standard InChI is InChI=1S/C12H12FNO3/c13-12-9(2-1-3-10(12)14(16)17)6-7-11(15)8-4-5-8/h1-3,8H,4-7H2. The van der Waals surface area contributed by atoms with E-state index in [1.165, 1.54) is 12.1 Å². The number of aryl methyl sites for hydroxylation is 1. The van der Waals surface area contributed by atoms with E-state index in [1.54, 1.807) is 0 Å². The van der Waals surface area contributed by atoms with Crippen LogP contribution in [0.2, 0.25) is 0 Å². The third kappa shape index (κ3) is 2.67. The van der Waals surface area contributed by atoms with Crippen LogP contribution < -0.4 is 0 Å². The molecule has 0 unspecified atom stereocenters. The molecule has 0 radical (unpaired) electrons. The molecule has 0 saturated heterocycles. The molecule has 1 aromatic carbocycles. The minimum Gasteiger partial charge on any atom is -0.299 e. The van der Waals surface area contributed by atoms with Gasteiger partial charge in [-0.15, -0.1) is 0 Å². The van der Waals surface area contributed by atoms with Crippen LogP contribution in [-0.2, 0) is 11.2 Å². The Hall–Kier alpha value is -1.78. The zero-order chi connectivity index (χ0) is 12.4. The number of ketones is 1. The van der Waals surface area contributed by atoms with Crippen LogP contribution >= 0.6 is 0 Å². The third-order valence-corrected chi connectivity index (χ3v) is 2.93. The van der Waals surface area contributed by atoms with E-state index >= 15 is 0 Å². The fourth-order valence-corrected chi connectivity index (χ4v) is 1.77. The topological polar surface area (TPSA) is 60.2 Å². The summed E-state index contributed by atoms with van der Waals surface area (Å²) in [5, 5.41) is 10.5. The van der Waals surface area contributed by atoms with Crippen molar-refractivity contribution >= 4 is 11.5 Å². The Morgan fingerprint density at radius 3 is 2.76 bits per heavy atom. The van der Waals surface area contributed by atoms with Gasteiger partial charge in [0.2, 0.25) is 5.82 Å². The largest absolute Gasteiger partial charge is 0.305 e. The highest BCUT2D eigenvalue weighted by Crippen LogP contribution is 2.31. The molecule has 5 heteroatoms. The number of carbonyl (C=O) groups excluding carboxylic acids is 1. The van der Waals surface area contributed by atoms with Gasteiger partial charge in [-0.25, -0.2) is 0 Å². The molecule has 0 heterocycles. The van der Waals surface area contributed by atoms with Gasteiger partial charge in [-0.1, -0.05) is 12.1 Å². The monoisotopic (exact) mass is 237 g/mol. The minimum absolute atomic E-state index is 0.135. The number of benzene rings is 1. The van der Waals surface area contributed by atoms with Crippen molar-refractivity contribution in [3.8, 4) is 0 Å². The average molecular weight is 237 g/mol. The summed E-state index contributed by atoms with van der Waals surface area (Å²) in [5.74, 6) is -0.534. The number of carbonyl (C=O) groups is 1. The van der Waals surface area contributed by atoms with E-state index in [4.69, 9.17) is 0 Å². The first-order chi connectivity index (χ1) is 8.09. The fraction of sp³-hybridized carbons (Fsp3) is 0.417. The van der Waals surface area contributed by atoms with Crippen LogP contribution in [0.25, 0.3) is 0 Å². The van der Waals surface area contributed by atoms with Crippen LogP contribution in [0, 0.1) is 21.8 Å². The molecule has 0 spiro atoms. The molecule has 90 valence electrons. The molecule has 0 bridgehead atoms. The Morgan fingerprint density at radius 1 is 1.47 bits per heavy atom.